The van der Waals surface area contributed by atoms with Crippen LogP contribution in [0, 0.1) is 5.95 Å². The summed E-state index contributed by atoms with van der Waals surface area (Å²) in [5.74, 6) is -0.820. The smallest absolute Gasteiger partial charge is 0.243 e. The van der Waals surface area contributed by atoms with Crippen LogP contribution in [0.2, 0.25) is 0 Å². The Balaban J connectivity index is 2.12. The Bertz CT molecular complexity index is 706. The van der Waals surface area contributed by atoms with Gasteiger partial charge in [-0.2, -0.15) is 13.8 Å². The minimum Gasteiger partial charge on any atom is -0.243 e. The van der Waals surface area contributed by atoms with E-state index in [1.807, 2.05) is 0 Å². The molecule has 3 aromatic rings. The Morgan fingerprint density at radius 1 is 1.16 bits per heavy atom. The molecule has 3 rings (SSSR count). The fraction of sp³-hybridized carbons (Fsp3) is 0. The lowest BCUT2D eigenvalue weighted by atomic mass is 10.2. The van der Waals surface area contributed by atoms with Crippen molar-refractivity contribution >= 4 is 6.03 Å². The molecule has 7 nitrogen and oxygen atoms in total. The van der Waals surface area contributed by atoms with Crippen LogP contribution in [0.25, 0.3) is 11.3 Å². The molecule has 0 aliphatic carbocycles. The van der Waals surface area contributed by atoms with Crippen molar-refractivity contribution < 1.29 is 9.18 Å². The number of hydrogen-bond donors (Lipinski definition) is 0. The SMILES string of the molecule is O=C(n1ccnn1)n1nnc(F)c1-c1ccccc1. The number of carbonyl (C=O) groups excluding carboxylic acids is 1. The molecule has 0 aliphatic heterocycles. The fourth-order valence-electron chi connectivity index (χ4n) is 1.64. The molecule has 0 fully saturated rings. The van der Waals surface area contributed by atoms with Crippen LogP contribution in [-0.4, -0.2) is 36.0 Å². The number of rotatable bonds is 1. The molecule has 2 heterocycles. The summed E-state index contributed by atoms with van der Waals surface area (Å²) < 4.78 is 15.5. The van der Waals surface area contributed by atoms with Crippen molar-refractivity contribution in [3.63, 3.8) is 0 Å². The van der Waals surface area contributed by atoms with E-state index in [9.17, 15) is 9.18 Å². The number of halogens is 1. The van der Waals surface area contributed by atoms with E-state index >= 15 is 0 Å². The highest BCUT2D eigenvalue weighted by Gasteiger charge is 2.21. The Kier molecular flexibility index (Phi) is 2.60. The molecular weight excluding hydrogens is 251 g/mol. The summed E-state index contributed by atoms with van der Waals surface area (Å²) in [6.07, 6.45) is 2.68. The molecule has 0 unspecified atom stereocenters. The fourth-order valence-corrected chi connectivity index (χ4v) is 1.64. The highest BCUT2D eigenvalue weighted by atomic mass is 19.1. The molecule has 2 aromatic heterocycles. The number of hydrogen-bond acceptors (Lipinski definition) is 5. The zero-order valence-electron chi connectivity index (χ0n) is 9.51. The molecule has 0 saturated carbocycles. The number of carbonyl (C=O) groups is 1. The average Bonchev–Trinajstić information content (AvgIpc) is 3.08. The molecule has 0 atom stereocenters. The van der Waals surface area contributed by atoms with Gasteiger partial charge >= 0.3 is 6.03 Å². The Morgan fingerprint density at radius 2 is 1.95 bits per heavy atom. The second-order valence-corrected chi connectivity index (χ2v) is 3.64. The average molecular weight is 258 g/mol. The maximum Gasteiger partial charge on any atom is 0.372 e. The number of aromatic nitrogens is 6. The van der Waals surface area contributed by atoms with Crippen molar-refractivity contribution in [3.8, 4) is 11.3 Å². The largest absolute Gasteiger partial charge is 0.372 e. The van der Waals surface area contributed by atoms with Crippen LogP contribution in [0.1, 0.15) is 0 Å². The van der Waals surface area contributed by atoms with Gasteiger partial charge in [-0.3, -0.25) is 0 Å². The maximum atomic E-state index is 13.7. The monoisotopic (exact) mass is 258 g/mol. The predicted octanol–water partition coefficient (Wildman–Crippen LogP) is 1.19. The van der Waals surface area contributed by atoms with Crippen LogP contribution < -0.4 is 0 Å². The third-order valence-electron chi connectivity index (χ3n) is 2.48. The number of nitrogens with zero attached hydrogens (tertiary/aromatic N) is 6. The van der Waals surface area contributed by atoms with Gasteiger partial charge in [0.25, 0.3) is 5.95 Å². The zero-order chi connectivity index (χ0) is 13.2. The normalized spacial score (nSPS) is 10.6. The molecule has 94 valence electrons. The first-order chi connectivity index (χ1) is 9.27. The summed E-state index contributed by atoms with van der Waals surface area (Å²) >= 11 is 0. The van der Waals surface area contributed by atoms with Crippen molar-refractivity contribution in [2.24, 2.45) is 0 Å². The summed E-state index contributed by atoms with van der Waals surface area (Å²) in [7, 11) is 0. The second kappa shape index (κ2) is 4.41. The van der Waals surface area contributed by atoms with Crippen molar-refractivity contribution in [2.45, 2.75) is 0 Å². The summed E-state index contributed by atoms with van der Waals surface area (Å²) in [5, 5.41) is 13.8. The van der Waals surface area contributed by atoms with Gasteiger partial charge < -0.3 is 0 Å². The molecule has 0 bridgehead atoms. The molecule has 0 N–H and O–H groups in total. The Morgan fingerprint density at radius 3 is 2.63 bits per heavy atom. The minimum atomic E-state index is -0.820. The van der Waals surface area contributed by atoms with Crippen molar-refractivity contribution in [3.05, 3.63) is 48.7 Å². The minimum absolute atomic E-state index is 0.0129. The van der Waals surface area contributed by atoms with Crippen LogP contribution >= 0.6 is 0 Å². The molecule has 0 amide bonds. The van der Waals surface area contributed by atoms with Crippen LogP contribution in [0.3, 0.4) is 0 Å². The molecule has 19 heavy (non-hydrogen) atoms. The van der Waals surface area contributed by atoms with Crippen molar-refractivity contribution in [1.29, 1.82) is 0 Å². The molecule has 0 radical (unpaired) electrons. The van der Waals surface area contributed by atoms with Gasteiger partial charge in [-0.05, 0) is 0 Å². The highest BCUT2D eigenvalue weighted by molar-refractivity contribution is 5.82. The first-order valence-corrected chi connectivity index (χ1v) is 5.35. The lowest BCUT2D eigenvalue weighted by molar-refractivity contribution is 0.237. The van der Waals surface area contributed by atoms with Gasteiger partial charge in [0.05, 0.1) is 12.4 Å². The molecular formula is C11H7FN6O. The summed E-state index contributed by atoms with van der Waals surface area (Å²) in [6, 6.07) is 7.90. The third kappa shape index (κ3) is 1.88. The van der Waals surface area contributed by atoms with Gasteiger partial charge in [0.1, 0.15) is 5.69 Å². The van der Waals surface area contributed by atoms with E-state index in [-0.39, 0.29) is 5.69 Å². The van der Waals surface area contributed by atoms with E-state index in [1.165, 1.54) is 12.4 Å². The van der Waals surface area contributed by atoms with E-state index in [0.717, 1.165) is 9.36 Å². The van der Waals surface area contributed by atoms with Crippen LogP contribution in [0.4, 0.5) is 9.18 Å². The quantitative estimate of drug-likeness (QED) is 0.655. The first-order valence-electron chi connectivity index (χ1n) is 5.35. The van der Waals surface area contributed by atoms with E-state index in [2.05, 4.69) is 20.6 Å². The van der Waals surface area contributed by atoms with E-state index < -0.39 is 12.0 Å². The molecule has 1 aromatic carbocycles. The van der Waals surface area contributed by atoms with Gasteiger partial charge in [0, 0.05) is 5.56 Å². The van der Waals surface area contributed by atoms with Gasteiger partial charge in [-0.25, -0.2) is 4.79 Å². The topological polar surface area (TPSA) is 78.5 Å². The van der Waals surface area contributed by atoms with Crippen molar-refractivity contribution in [1.82, 2.24) is 30.0 Å². The second-order valence-electron chi connectivity index (χ2n) is 3.64. The Labute approximate surface area is 106 Å². The summed E-state index contributed by atoms with van der Waals surface area (Å²) in [4.78, 5) is 12.1. The Hall–Kier alpha value is -2.90. The lowest BCUT2D eigenvalue weighted by Gasteiger charge is -2.03. The molecule has 0 saturated heterocycles. The highest BCUT2D eigenvalue weighted by Crippen LogP contribution is 2.20. The predicted molar refractivity (Wildman–Crippen MR) is 61.6 cm³/mol. The summed E-state index contributed by atoms with van der Waals surface area (Å²) in [5.41, 5.74) is 0.486. The molecule has 8 heteroatoms. The maximum absolute atomic E-state index is 13.7. The molecule has 0 aliphatic rings. The van der Waals surface area contributed by atoms with Gasteiger partial charge in [-0.15, -0.1) is 5.10 Å². The van der Waals surface area contributed by atoms with E-state index in [1.54, 1.807) is 30.3 Å². The summed E-state index contributed by atoms with van der Waals surface area (Å²) in [6.45, 7) is 0. The van der Waals surface area contributed by atoms with Gasteiger partial charge in [0.2, 0.25) is 0 Å². The van der Waals surface area contributed by atoms with Gasteiger partial charge in [-0.1, -0.05) is 45.9 Å². The lowest BCUT2D eigenvalue weighted by Crippen LogP contribution is -2.22. The van der Waals surface area contributed by atoms with Crippen molar-refractivity contribution in [2.75, 3.05) is 0 Å². The third-order valence-corrected chi connectivity index (χ3v) is 2.48. The molecule has 0 spiro atoms. The standard InChI is InChI=1S/C11H7FN6O/c12-10-9(8-4-2-1-3-5-8)18(16-14-10)11(19)17-7-6-13-15-17/h1-7H. The van der Waals surface area contributed by atoms with Crippen LogP contribution in [0.15, 0.2) is 42.7 Å². The number of benzene rings is 1. The van der Waals surface area contributed by atoms with E-state index in [0.29, 0.717) is 5.56 Å². The zero-order valence-corrected chi connectivity index (χ0v) is 9.51. The van der Waals surface area contributed by atoms with Crippen LogP contribution in [-0.2, 0) is 0 Å². The van der Waals surface area contributed by atoms with E-state index in [4.69, 9.17) is 0 Å². The first kappa shape index (κ1) is 11.2. The van der Waals surface area contributed by atoms with Gasteiger partial charge in [0.15, 0.2) is 0 Å². The van der Waals surface area contributed by atoms with Crippen LogP contribution in [0.5, 0.6) is 0 Å².